The summed E-state index contributed by atoms with van der Waals surface area (Å²) in [6.45, 7) is 3.31. The van der Waals surface area contributed by atoms with Crippen molar-refractivity contribution >= 4 is 8.64 Å². The van der Waals surface area contributed by atoms with Gasteiger partial charge in [0.25, 0.3) is 0 Å². The minimum atomic E-state index is -2.04. The SMILES string of the molecule is COCCN[Si@@](C)(N)OC. The summed E-state index contributed by atoms with van der Waals surface area (Å²) in [4.78, 5) is 3.08. The van der Waals surface area contributed by atoms with E-state index in [1.807, 2.05) is 6.55 Å². The number of hydrogen-bond acceptors (Lipinski definition) is 4. The zero-order chi connectivity index (χ0) is 8.04. The lowest BCUT2D eigenvalue weighted by Gasteiger charge is -2.19. The minimum absolute atomic E-state index is 0.670. The first kappa shape index (κ1) is 10.1. The highest BCUT2D eigenvalue weighted by molar-refractivity contribution is 6.66. The van der Waals surface area contributed by atoms with Crippen molar-refractivity contribution in [3.05, 3.63) is 0 Å². The molecule has 62 valence electrons. The van der Waals surface area contributed by atoms with Gasteiger partial charge in [0.05, 0.1) is 6.61 Å². The van der Waals surface area contributed by atoms with Gasteiger partial charge in [-0.2, -0.15) is 0 Å². The molecule has 0 rings (SSSR count). The maximum Gasteiger partial charge on any atom is 0.345 e. The van der Waals surface area contributed by atoms with Crippen LogP contribution >= 0.6 is 0 Å². The standard InChI is InChI=1S/C5H16N2O2Si/c1-8-5-4-7-10(3,6)9-2/h7H,4-6H2,1-3H3/t10-/m1/s1. The van der Waals surface area contributed by atoms with Crippen LogP contribution in [-0.2, 0) is 9.16 Å². The average Bonchev–Trinajstić information content (AvgIpc) is 1.89. The molecule has 5 heteroatoms. The number of nitrogens with one attached hydrogen (secondary N) is 1. The maximum atomic E-state index is 5.71. The van der Waals surface area contributed by atoms with Gasteiger partial charge in [-0.1, -0.05) is 0 Å². The van der Waals surface area contributed by atoms with E-state index < -0.39 is 8.64 Å². The monoisotopic (exact) mass is 164 g/mol. The van der Waals surface area contributed by atoms with Crippen molar-refractivity contribution in [2.24, 2.45) is 5.40 Å². The number of nitrogens with two attached hydrogens (primary N) is 1. The van der Waals surface area contributed by atoms with E-state index in [2.05, 4.69) is 4.98 Å². The molecule has 0 amide bonds. The summed E-state index contributed by atoms with van der Waals surface area (Å²) in [6.07, 6.45) is 0. The highest BCUT2D eigenvalue weighted by atomic mass is 28.4. The van der Waals surface area contributed by atoms with E-state index in [1.165, 1.54) is 0 Å². The number of ether oxygens (including phenoxy) is 1. The molecule has 0 fully saturated rings. The van der Waals surface area contributed by atoms with Crippen LogP contribution in [0.25, 0.3) is 0 Å². The van der Waals surface area contributed by atoms with Crippen molar-refractivity contribution in [1.29, 1.82) is 0 Å². The molecule has 1 atom stereocenters. The predicted octanol–water partition coefficient (Wildman–Crippen LogP) is -0.604. The Balaban J connectivity index is 3.28. The fourth-order valence-electron chi connectivity index (χ4n) is 0.473. The van der Waals surface area contributed by atoms with Crippen molar-refractivity contribution in [3.8, 4) is 0 Å². The third kappa shape index (κ3) is 4.89. The molecule has 0 saturated carbocycles. The van der Waals surface area contributed by atoms with E-state index in [4.69, 9.17) is 14.6 Å². The van der Waals surface area contributed by atoms with E-state index in [-0.39, 0.29) is 0 Å². The van der Waals surface area contributed by atoms with Gasteiger partial charge in [0.1, 0.15) is 0 Å². The summed E-state index contributed by atoms with van der Waals surface area (Å²) in [5.74, 6) is 0. The third-order valence-corrected chi connectivity index (χ3v) is 3.01. The van der Waals surface area contributed by atoms with Crippen LogP contribution in [0.5, 0.6) is 0 Å². The van der Waals surface area contributed by atoms with Crippen LogP contribution < -0.4 is 10.4 Å². The molecule has 10 heavy (non-hydrogen) atoms. The quantitative estimate of drug-likeness (QED) is 0.421. The van der Waals surface area contributed by atoms with Crippen molar-refractivity contribution < 1.29 is 9.16 Å². The molecule has 3 N–H and O–H groups in total. The maximum absolute atomic E-state index is 5.71. The number of hydrogen-bond donors (Lipinski definition) is 2. The molecule has 0 spiro atoms. The lowest BCUT2D eigenvalue weighted by molar-refractivity contribution is 0.201. The first-order valence-electron chi connectivity index (χ1n) is 3.20. The fraction of sp³-hybridized carbons (Fsp3) is 1.00. The second-order valence-electron chi connectivity index (χ2n) is 2.23. The molecule has 0 unspecified atom stereocenters. The highest BCUT2D eigenvalue weighted by Crippen LogP contribution is 1.85. The number of methoxy groups -OCH3 is 1. The number of rotatable bonds is 5. The molecule has 0 saturated heterocycles. The summed E-state index contributed by atoms with van der Waals surface area (Å²) in [5.41, 5.74) is 0. The molecule has 0 aromatic carbocycles. The first-order valence-corrected chi connectivity index (χ1v) is 5.69. The molecule has 4 nitrogen and oxygen atoms in total. The van der Waals surface area contributed by atoms with Gasteiger partial charge in [0.2, 0.25) is 0 Å². The summed E-state index contributed by atoms with van der Waals surface area (Å²) >= 11 is 0. The Morgan fingerprint density at radius 3 is 2.50 bits per heavy atom. The summed E-state index contributed by atoms with van der Waals surface area (Å²) in [6, 6.07) is 0. The molecular weight excluding hydrogens is 148 g/mol. The molecule has 0 bridgehead atoms. The fourth-order valence-corrected chi connectivity index (χ4v) is 1.22. The average molecular weight is 164 g/mol. The predicted molar refractivity (Wildman–Crippen MR) is 42.7 cm³/mol. The van der Waals surface area contributed by atoms with E-state index in [9.17, 15) is 0 Å². The van der Waals surface area contributed by atoms with Gasteiger partial charge in [0.15, 0.2) is 0 Å². The summed E-state index contributed by atoms with van der Waals surface area (Å²) in [7, 11) is 1.23. The molecule has 0 aromatic rings. The van der Waals surface area contributed by atoms with E-state index in [0.717, 1.165) is 6.54 Å². The lowest BCUT2D eigenvalue weighted by Crippen LogP contribution is -2.59. The Hall–Kier alpha value is 0.0569. The zero-order valence-electron chi connectivity index (χ0n) is 6.81. The van der Waals surface area contributed by atoms with Gasteiger partial charge in [-0.15, -0.1) is 0 Å². The van der Waals surface area contributed by atoms with Gasteiger partial charge in [-0.05, 0) is 6.55 Å². The molecule has 0 aromatic heterocycles. The van der Waals surface area contributed by atoms with Gasteiger partial charge < -0.3 is 19.5 Å². The van der Waals surface area contributed by atoms with Crippen molar-refractivity contribution in [2.75, 3.05) is 27.4 Å². The molecule has 0 aliphatic heterocycles. The van der Waals surface area contributed by atoms with Crippen LogP contribution in [0.15, 0.2) is 0 Å². The summed E-state index contributed by atoms with van der Waals surface area (Å²) in [5, 5.41) is 5.71. The van der Waals surface area contributed by atoms with Crippen LogP contribution in [0.3, 0.4) is 0 Å². The topological polar surface area (TPSA) is 56.5 Å². The molecule has 0 aliphatic carbocycles. The van der Waals surface area contributed by atoms with E-state index in [1.54, 1.807) is 14.2 Å². The van der Waals surface area contributed by atoms with E-state index >= 15 is 0 Å². The molecule has 0 aliphatic rings. The van der Waals surface area contributed by atoms with Crippen LogP contribution in [-0.4, -0.2) is 36.0 Å². The second kappa shape index (κ2) is 4.81. The lowest BCUT2D eigenvalue weighted by atomic mass is 10.7. The van der Waals surface area contributed by atoms with Crippen LogP contribution in [0.1, 0.15) is 0 Å². The van der Waals surface area contributed by atoms with Crippen molar-refractivity contribution in [2.45, 2.75) is 6.55 Å². The molecule has 0 radical (unpaired) electrons. The molecule has 0 heterocycles. The van der Waals surface area contributed by atoms with Gasteiger partial charge in [0, 0.05) is 20.8 Å². The van der Waals surface area contributed by atoms with Crippen LogP contribution in [0.2, 0.25) is 6.55 Å². The van der Waals surface area contributed by atoms with Crippen molar-refractivity contribution in [1.82, 2.24) is 4.98 Å². The van der Waals surface area contributed by atoms with Crippen molar-refractivity contribution in [3.63, 3.8) is 0 Å². The Labute approximate surface area is 63.0 Å². The Morgan fingerprint density at radius 1 is 1.50 bits per heavy atom. The Bertz CT molecular complexity index is 89.7. The van der Waals surface area contributed by atoms with Crippen LogP contribution in [0.4, 0.5) is 0 Å². The summed E-state index contributed by atoms with van der Waals surface area (Å²) < 4.78 is 9.86. The van der Waals surface area contributed by atoms with Gasteiger partial charge in [-0.3, -0.25) is 0 Å². The Kier molecular flexibility index (Phi) is 4.84. The Morgan fingerprint density at radius 2 is 2.10 bits per heavy atom. The van der Waals surface area contributed by atoms with Gasteiger partial charge in [-0.25, -0.2) is 0 Å². The van der Waals surface area contributed by atoms with Crippen LogP contribution in [0, 0.1) is 0 Å². The largest absolute Gasteiger partial charge is 0.395 e. The normalized spacial score (nSPS) is 16.8. The van der Waals surface area contributed by atoms with E-state index in [0.29, 0.717) is 6.61 Å². The highest BCUT2D eigenvalue weighted by Gasteiger charge is 2.20. The first-order chi connectivity index (χ1) is 4.62. The third-order valence-electron chi connectivity index (χ3n) is 1.21. The smallest absolute Gasteiger partial charge is 0.345 e. The van der Waals surface area contributed by atoms with Gasteiger partial charge >= 0.3 is 8.64 Å². The second-order valence-corrected chi connectivity index (χ2v) is 5.21. The molecular formula is C5H16N2O2Si. The minimum Gasteiger partial charge on any atom is -0.395 e. The zero-order valence-corrected chi connectivity index (χ0v) is 7.81.